The van der Waals surface area contributed by atoms with Crippen molar-refractivity contribution in [3.63, 3.8) is 0 Å². The predicted octanol–water partition coefficient (Wildman–Crippen LogP) is 6.38. The van der Waals surface area contributed by atoms with Crippen molar-refractivity contribution in [1.82, 2.24) is 0 Å². The zero-order valence-electron chi connectivity index (χ0n) is 15.8. The standard InChI is InChI=1S/C20H19Cl2F4NO3/c1-2-3-27-14-5-12(4-13(9-14)20(24,25)26)10-30-18-15(21)6-11(7-16(18)22)8-17(23)19(28)29/h4-7,9,17,27H,2-3,8,10H2,1H3,(H,28,29). The van der Waals surface area contributed by atoms with Gasteiger partial charge in [-0.05, 0) is 47.9 Å². The van der Waals surface area contributed by atoms with Gasteiger partial charge in [-0.3, -0.25) is 0 Å². The van der Waals surface area contributed by atoms with Crippen LogP contribution in [0.3, 0.4) is 0 Å². The number of alkyl halides is 4. The summed E-state index contributed by atoms with van der Waals surface area (Å²) in [5, 5.41) is 11.5. The second-order valence-electron chi connectivity index (χ2n) is 6.53. The molecule has 164 valence electrons. The molecule has 30 heavy (non-hydrogen) atoms. The quantitative estimate of drug-likeness (QED) is 0.420. The van der Waals surface area contributed by atoms with E-state index in [1.54, 1.807) is 0 Å². The Kier molecular flexibility index (Phi) is 8.20. The van der Waals surface area contributed by atoms with Gasteiger partial charge in [0, 0.05) is 18.7 Å². The molecule has 0 fully saturated rings. The van der Waals surface area contributed by atoms with E-state index < -0.39 is 30.3 Å². The molecule has 0 amide bonds. The van der Waals surface area contributed by atoms with Crippen molar-refractivity contribution < 1.29 is 32.2 Å². The summed E-state index contributed by atoms with van der Waals surface area (Å²) >= 11 is 12.2. The second-order valence-corrected chi connectivity index (χ2v) is 7.34. The molecule has 1 unspecified atom stereocenters. The molecule has 0 radical (unpaired) electrons. The number of anilines is 1. The fourth-order valence-corrected chi connectivity index (χ4v) is 3.27. The van der Waals surface area contributed by atoms with Gasteiger partial charge in [-0.2, -0.15) is 13.2 Å². The highest BCUT2D eigenvalue weighted by molar-refractivity contribution is 6.37. The lowest BCUT2D eigenvalue weighted by atomic mass is 10.1. The Labute approximate surface area is 180 Å². The highest BCUT2D eigenvalue weighted by Gasteiger charge is 2.31. The maximum absolute atomic E-state index is 13.4. The van der Waals surface area contributed by atoms with E-state index in [1.165, 1.54) is 18.2 Å². The van der Waals surface area contributed by atoms with E-state index in [9.17, 15) is 22.4 Å². The van der Waals surface area contributed by atoms with Crippen LogP contribution in [0.1, 0.15) is 30.0 Å². The molecule has 0 spiro atoms. The molecule has 4 nitrogen and oxygen atoms in total. The number of rotatable bonds is 9. The summed E-state index contributed by atoms with van der Waals surface area (Å²) < 4.78 is 58.5. The van der Waals surface area contributed by atoms with E-state index in [2.05, 4.69) is 5.32 Å². The summed E-state index contributed by atoms with van der Waals surface area (Å²) in [6.07, 6.45) is -6.35. The zero-order chi connectivity index (χ0) is 22.5. The Morgan fingerprint density at radius 2 is 1.77 bits per heavy atom. The van der Waals surface area contributed by atoms with Crippen molar-refractivity contribution in [1.29, 1.82) is 0 Å². The third-order valence-corrected chi connectivity index (χ3v) is 4.58. The fourth-order valence-electron chi connectivity index (χ4n) is 2.63. The molecule has 0 heterocycles. The molecule has 2 aromatic carbocycles. The molecular weight excluding hydrogens is 449 g/mol. The third-order valence-electron chi connectivity index (χ3n) is 4.02. The van der Waals surface area contributed by atoms with Crippen molar-refractivity contribution in [2.45, 2.75) is 38.7 Å². The summed E-state index contributed by atoms with van der Waals surface area (Å²) in [6.45, 7) is 2.15. The number of carboxylic acid groups (broad SMARTS) is 1. The maximum Gasteiger partial charge on any atom is 0.416 e. The van der Waals surface area contributed by atoms with Crippen molar-refractivity contribution in [3.05, 3.63) is 57.1 Å². The molecule has 0 aliphatic carbocycles. The molecule has 10 heteroatoms. The SMILES string of the molecule is CCCNc1cc(COc2c(Cl)cc(CC(F)C(=O)O)cc2Cl)cc(C(F)(F)F)c1. The molecule has 2 rings (SSSR count). The van der Waals surface area contributed by atoms with Crippen molar-refractivity contribution >= 4 is 34.9 Å². The van der Waals surface area contributed by atoms with Gasteiger partial charge < -0.3 is 15.2 Å². The van der Waals surface area contributed by atoms with Crippen LogP contribution in [0.25, 0.3) is 0 Å². The molecule has 0 aliphatic heterocycles. The molecule has 0 aliphatic rings. The molecule has 0 bridgehead atoms. The predicted molar refractivity (Wildman–Crippen MR) is 107 cm³/mol. The van der Waals surface area contributed by atoms with Gasteiger partial charge in [-0.25, -0.2) is 9.18 Å². The van der Waals surface area contributed by atoms with Crippen LogP contribution in [-0.2, 0) is 24.0 Å². The third kappa shape index (κ3) is 6.67. The van der Waals surface area contributed by atoms with Gasteiger partial charge in [-0.15, -0.1) is 0 Å². The number of ether oxygens (including phenoxy) is 1. The Bertz CT molecular complexity index is 883. The van der Waals surface area contributed by atoms with Gasteiger partial charge in [0.1, 0.15) is 6.61 Å². The van der Waals surface area contributed by atoms with E-state index in [-0.39, 0.29) is 33.5 Å². The normalized spacial score (nSPS) is 12.5. The number of halogens is 6. The van der Waals surface area contributed by atoms with Crippen LogP contribution in [0.4, 0.5) is 23.2 Å². The van der Waals surface area contributed by atoms with E-state index in [4.69, 9.17) is 33.0 Å². The molecule has 0 saturated heterocycles. The molecule has 0 aromatic heterocycles. The smallest absolute Gasteiger partial charge is 0.416 e. The minimum absolute atomic E-state index is 0.00768. The first-order valence-corrected chi connectivity index (χ1v) is 9.69. The number of carboxylic acids is 1. The van der Waals surface area contributed by atoms with Crippen molar-refractivity contribution in [3.8, 4) is 5.75 Å². The summed E-state index contributed by atoms with van der Waals surface area (Å²) in [5.41, 5.74) is -0.0235. The average molecular weight is 468 g/mol. The van der Waals surface area contributed by atoms with Gasteiger partial charge in [0.05, 0.1) is 15.6 Å². The van der Waals surface area contributed by atoms with Crippen LogP contribution in [0, 0.1) is 0 Å². The van der Waals surface area contributed by atoms with Crippen LogP contribution < -0.4 is 10.1 Å². The maximum atomic E-state index is 13.4. The van der Waals surface area contributed by atoms with Gasteiger partial charge in [0.15, 0.2) is 5.75 Å². The van der Waals surface area contributed by atoms with Crippen molar-refractivity contribution in [2.75, 3.05) is 11.9 Å². The van der Waals surface area contributed by atoms with Crippen LogP contribution in [-0.4, -0.2) is 23.8 Å². The second kappa shape index (κ2) is 10.2. The van der Waals surface area contributed by atoms with Crippen LogP contribution in [0.5, 0.6) is 5.75 Å². The number of carbonyl (C=O) groups is 1. The lowest BCUT2D eigenvalue weighted by molar-refractivity contribution is -0.142. The number of benzene rings is 2. The Morgan fingerprint density at radius 3 is 2.30 bits per heavy atom. The highest BCUT2D eigenvalue weighted by atomic mass is 35.5. The summed E-state index contributed by atoms with van der Waals surface area (Å²) in [5.74, 6) is -1.60. The molecule has 2 aromatic rings. The fraction of sp³-hybridized carbons (Fsp3) is 0.350. The first-order valence-electron chi connectivity index (χ1n) is 8.94. The first kappa shape index (κ1) is 24.1. The highest BCUT2D eigenvalue weighted by Crippen LogP contribution is 2.36. The summed E-state index contributed by atoms with van der Waals surface area (Å²) in [7, 11) is 0. The first-order chi connectivity index (χ1) is 14.0. The minimum Gasteiger partial charge on any atom is -0.486 e. The molecule has 2 N–H and O–H groups in total. The van der Waals surface area contributed by atoms with Crippen LogP contribution in [0.15, 0.2) is 30.3 Å². The number of hydrogen-bond acceptors (Lipinski definition) is 3. The van der Waals surface area contributed by atoms with Gasteiger partial charge in [-0.1, -0.05) is 30.1 Å². The summed E-state index contributed by atoms with van der Waals surface area (Å²) in [4.78, 5) is 10.6. The number of hydrogen-bond donors (Lipinski definition) is 2. The topological polar surface area (TPSA) is 58.6 Å². The summed E-state index contributed by atoms with van der Waals surface area (Å²) in [6, 6.07) is 6.12. The lowest BCUT2D eigenvalue weighted by Crippen LogP contribution is -2.17. The molecular formula is C20H19Cl2F4NO3. The van der Waals surface area contributed by atoms with E-state index in [1.807, 2.05) is 6.92 Å². The van der Waals surface area contributed by atoms with Crippen LogP contribution in [0.2, 0.25) is 10.0 Å². The largest absolute Gasteiger partial charge is 0.486 e. The minimum atomic E-state index is -4.53. The van der Waals surface area contributed by atoms with Gasteiger partial charge >= 0.3 is 12.1 Å². The molecule has 0 saturated carbocycles. The van der Waals surface area contributed by atoms with E-state index >= 15 is 0 Å². The number of aliphatic carboxylic acids is 1. The number of nitrogens with one attached hydrogen (secondary N) is 1. The van der Waals surface area contributed by atoms with Gasteiger partial charge in [0.2, 0.25) is 6.17 Å². The molecule has 1 atom stereocenters. The van der Waals surface area contributed by atoms with Gasteiger partial charge in [0.25, 0.3) is 0 Å². The van der Waals surface area contributed by atoms with Crippen LogP contribution >= 0.6 is 23.2 Å². The Balaban J connectivity index is 2.22. The van der Waals surface area contributed by atoms with E-state index in [0.29, 0.717) is 12.2 Å². The Morgan fingerprint density at radius 1 is 1.13 bits per heavy atom. The van der Waals surface area contributed by atoms with E-state index in [0.717, 1.165) is 18.6 Å². The lowest BCUT2D eigenvalue weighted by Gasteiger charge is -2.15. The monoisotopic (exact) mass is 467 g/mol. The zero-order valence-corrected chi connectivity index (χ0v) is 17.3. The average Bonchev–Trinajstić information content (AvgIpc) is 2.64. The van der Waals surface area contributed by atoms with Crippen molar-refractivity contribution in [2.24, 2.45) is 0 Å². The Hall–Kier alpha value is -2.19.